The number of hydrogen-bond donors (Lipinski definition) is 4. The summed E-state index contributed by atoms with van der Waals surface area (Å²) in [6.45, 7) is 1.56. The molecule has 1 aromatic heterocycles. The largest absolute Gasteiger partial charge is 0.425 e. The lowest BCUT2D eigenvalue weighted by Crippen LogP contribution is -2.45. The summed E-state index contributed by atoms with van der Waals surface area (Å²) < 4.78 is 5.40. The number of carbonyl (C=O) groups is 4. The zero-order valence-corrected chi connectivity index (χ0v) is 19.2. The number of hydrogen-bond acceptors (Lipinski definition) is 6. The van der Waals surface area contributed by atoms with E-state index >= 15 is 0 Å². The molecule has 0 bridgehead atoms. The lowest BCUT2D eigenvalue weighted by atomic mass is 10.1. The zero-order chi connectivity index (χ0) is 23.3. The summed E-state index contributed by atoms with van der Waals surface area (Å²) in [5.41, 5.74) is 1.22. The fraction of sp³-hybridized carbons (Fsp3) is 0.381. The summed E-state index contributed by atoms with van der Waals surface area (Å²) in [5.74, 6) is -1.12. The van der Waals surface area contributed by atoms with Crippen LogP contribution >= 0.6 is 15.9 Å². The first-order valence-corrected chi connectivity index (χ1v) is 11.2. The van der Waals surface area contributed by atoms with Gasteiger partial charge in [0.25, 0.3) is 0 Å². The highest BCUT2D eigenvalue weighted by Crippen LogP contribution is 2.16. The molecule has 0 aliphatic carbocycles. The number of nitrogens with one attached hydrogen (secondary N) is 4. The third kappa shape index (κ3) is 9.29. The van der Waals surface area contributed by atoms with Gasteiger partial charge in [-0.1, -0.05) is 15.9 Å². The quantitative estimate of drug-likeness (QED) is 0.195. The summed E-state index contributed by atoms with van der Waals surface area (Å²) in [6.07, 6.45) is 4.30. The molecule has 172 valence electrons. The molecule has 1 atom stereocenters. The molecule has 32 heavy (non-hydrogen) atoms. The van der Waals surface area contributed by atoms with E-state index in [1.165, 1.54) is 13.3 Å². The number of benzene rings is 1. The van der Waals surface area contributed by atoms with Crippen molar-refractivity contribution in [2.24, 2.45) is 0 Å². The Kier molecular flexibility index (Phi) is 10.4. The Balaban J connectivity index is 1.93. The van der Waals surface area contributed by atoms with Gasteiger partial charge in [0.15, 0.2) is 0 Å². The topological polar surface area (TPSA) is 142 Å². The van der Waals surface area contributed by atoms with Crippen LogP contribution in [0.5, 0.6) is 5.75 Å². The van der Waals surface area contributed by atoms with E-state index in [0.29, 0.717) is 24.2 Å². The number of esters is 1. The third-order valence-corrected chi connectivity index (χ3v) is 4.76. The van der Waals surface area contributed by atoms with Gasteiger partial charge in [-0.15, -0.1) is 0 Å². The van der Waals surface area contributed by atoms with Crippen molar-refractivity contribution in [2.75, 3.05) is 17.2 Å². The number of ether oxygens (including phenoxy) is 1. The van der Waals surface area contributed by atoms with E-state index in [0.717, 1.165) is 5.33 Å². The fourth-order valence-electron chi connectivity index (χ4n) is 2.70. The summed E-state index contributed by atoms with van der Waals surface area (Å²) in [5, 5.41) is 8.68. The number of nitrogens with zero attached hydrogens (tertiary/aromatic N) is 1. The Labute approximate surface area is 194 Å². The molecule has 0 aliphatic rings. The van der Waals surface area contributed by atoms with Crippen LogP contribution in [0.3, 0.4) is 0 Å². The predicted molar refractivity (Wildman–Crippen MR) is 121 cm³/mol. The minimum absolute atomic E-state index is 0.0260. The van der Waals surface area contributed by atoms with Gasteiger partial charge in [0.1, 0.15) is 11.8 Å². The van der Waals surface area contributed by atoms with Crippen molar-refractivity contribution in [3.05, 3.63) is 42.5 Å². The lowest BCUT2D eigenvalue weighted by molar-refractivity contribution is -0.139. The summed E-state index contributed by atoms with van der Waals surface area (Å²) in [6, 6.07) is 5.33. The van der Waals surface area contributed by atoms with Crippen LogP contribution in [-0.2, 0) is 25.6 Å². The standard InChI is InChI=1S/C21H26BrN5O5/c1-14(28)26-15-4-6-17(7-5-15)32-21(31)18(11-16-12-23-13-25-16)27-20(30)8-10-24-19(29)3-2-9-22/h4-7,12-13,18H,2-3,8-11H2,1H3,(H,23,25)(H,24,29)(H,26,28)(H,27,30)/t18-/m0/s1. The maximum atomic E-state index is 12.7. The highest BCUT2D eigenvalue weighted by molar-refractivity contribution is 9.09. The smallest absolute Gasteiger partial charge is 0.334 e. The monoisotopic (exact) mass is 507 g/mol. The van der Waals surface area contributed by atoms with E-state index in [2.05, 4.69) is 41.8 Å². The van der Waals surface area contributed by atoms with Crippen LogP contribution in [0.2, 0.25) is 0 Å². The van der Waals surface area contributed by atoms with Crippen molar-refractivity contribution in [3.63, 3.8) is 0 Å². The molecule has 0 aliphatic heterocycles. The zero-order valence-electron chi connectivity index (χ0n) is 17.7. The molecule has 0 saturated heterocycles. The number of carbonyl (C=O) groups excluding carboxylic acids is 4. The van der Waals surface area contributed by atoms with Crippen LogP contribution in [0, 0.1) is 0 Å². The molecule has 0 fully saturated rings. The molecule has 4 N–H and O–H groups in total. The van der Waals surface area contributed by atoms with E-state index in [1.54, 1.807) is 30.5 Å². The molecule has 0 spiro atoms. The number of amides is 3. The van der Waals surface area contributed by atoms with Crippen LogP contribution in [0.4, 0.5) is 5.69 Å². The number of aromatic amines is 1. The van der Waals surface area contributed by atoms with Crippen LogP contribution in [0.15, 0.2) is 36.8 Å². The second-order valence-corrected chi connectivity index (χ2v) is 7.71. The van der Waals surface area contributed by atoms with Gasteiger partial charge in [-0.3, -0.25) is 14.4 Å². The average Bonchev–Trinajstić information content (AvgIpc) is 3.26. The molecule has 2 rings (SSSR count). The van der Waals surface area contributed by atoms with E-state index in [4.69, 9.17) is 4.74 Å². The second kappa shape index (κ2) is 13.3. The first-order chi connectivity index (χ1) is 15.4. The lowest BCUT2D eigenvalue weighted by Gasteiger charge is -2.17. The Hall–Kier alpha value is -3.21. The van der Waals surface area contributed by atoms with Crippen LogP contribution in [0.1, 0.15) is 31.9 Å². The maximum absolute atomic E-state index is 12.7. The number of anilines is 1. The van der Waals surface area contributed by atoms with E-state index in [1.807, 2.05) is 0 Å². The molecule has 11 heteroatoms. The first kappa shape index (κ1) is 25.1. The van der Waals surface area contributed by atoms with Gasteiger partial charge in [-0.05, 0) is 30.7 Å². The van der Waals surface area contributed by atoms with E-state index < -0.39 is 17.9 Å². The third-order valence-electron chi connectivity index (χ3n) is 4.20. The van der Waals surface area contributed by atoms with E-state index in [9.17, 15) is 19.2 Å². The average molecular weight is 508 g/mol. The number of aromatic nitrogens is 2. The number of alkyl halides is 1. The van der Waals surface area contributed by atoms with Crippen molar-refractivity contribution in [3.8, 4) is 5.75 Å². The number of imidazole rings is 1. The first-order valence-electron chi connectivity index (χ1n) is 10.1. The van der Waals surface area contributed by atoms with Crippen LogP contribution in [-0.4, -0.2) is 51.6 Å². The Morgan fingerprint density at radius 1 is 1.12 bits per heavy atom. The molecule has 1 aromatic carbocycles. The number of halogens is 1. The predicted octanol–water partition coefficient (Wildman–Crippen LogP) is 1.68. The Morgan fingerprint density at radius 3 is 2.50 bits per heavy atom. The fourth-order valence-corrected chi connectivity index (χ4v) is 2.98. The summed E-state index contributed by atoms with van der Waals surface area (Å²) in [7, 11) is 0. The van der Waals surface area contributed by atoms with Crippen molar-refractivity contribution in [2.45, 2.75) is 38.6 Å². The van der Waals surface area contributed by atoms with Crippen LogP contribution in [0.25, 0.3) is 0 Å². The molecule has 3 amide bonds. The maximum Gasteiger partial charge on any atom is 0.334 e. The molecule has 0 saturated carbocycles. The molecule has 0 unspecified atom stereocenters. The van der Waals surface area contributed by atoms with Gasteiger partial charge in [0, 0.05) is 55.6 Å². The van der Waals surface area contributed by atoms with Gasteiger partial charge in [0.05, 0.1) is 6.33 Å². The molecule has 10 nitrogen and oxygen atoms in total. The molecule has 1 heterocycles. The van der Waals surface area contributed by atoms with Crippen LogP contribution < -0.4 is 20.7 Å². The van der Waals surface area contributed by atoms with Crippen molar-refractivity contribution < 1.29 is 23.9 Å². The van der Waals surface area contributed by atoms with Gasteiger partial charge < -0.3 is 25.7 Å². The highest BCUT2D eigenvalue weighted by atomic mass is 79.9. The summed E-state index contributed by atoms with van der Waals surface area (Å²) in [4.78, 5) is 54.6. The van der Waals surface area contributed by atoms with Gasteiger partial charge in [0.2, 0.25) is 17.7 Å². The van der Waals surface area contributed by atoms with Crippen molar-refractivity contribution in [1.82, 2.24) is 20.6 Å². The van der Waals surface area contributed by atoms with Gasteiger partial charge in [-0.2, -0.15) is 0 Å². The molecule has 2 aromatic rings. The normalized spacial score (nSPS) is 11.3. The minimum Gasteiger partial charge on any atom is -0.425 e. The summed E-state index contributed by atoms with van der Waals surface area (Å²) >= 11 is 3.26. The second-order valence-electron chi connectivity index (χ2n) is 6.92. The molecule has 0 radical (unpaired) electrons. The Morgan fingerprint density at radius 2 is 1.88 bits per heavy atom. The van der Waals surface area contributed by atoms with E-state index in [-0.39, 0.29) is 37.0 Å². The Bertz CT molecular complexity index is 902. The molecular weight excluding hydrogens is 482 g/mol. The van der Waals surface area contributed by atoms with Gasteiger partial charge >= 0.3 is 5.97 Å². The highest BCUT2D eigenvalue weighted by Gasteiger charge is 2.24. The number of rotatable bonds is 12. The van der Waals surface area contributed by atoms with Crippen molar-refractivity contribution >= 4 is 45.3 Å². The minimum atomic E-state index is -0.956. The van der Waals surface area contributed by atoms with Gasteiger partial charge in [-0.25, -0.2) is 9.78 Å². The SMILES string of the molecule is CC(=O)Nc1ccc(OC(=O)[C@H](Cc2cnc[nH]2)NC(=O)CCNC(=O)CCCBr)cc1. The molecular formula is C21H26BrN5O5. The number of H-pyrrole nitrogens is 1. The van der Waals surface area contributed by atoms with Crippen molar-refractivity contribution in [1.29, 1.82) is 0 Å².